The Morgan fingerprint density at radius 2 is 2.12 bits per heavy atom. The van der Waals surface area contributed by atoms with Crippen molar-refractivity contribution in [3.8, 4) is 0 Å². The van der Waals surface area contributed by atoms with Crippen LogP contribution in [0.25, 0.3) is 0 Å². The molecule has 0 spiro atoms. The predicted octanol–water partition coefficient (Wildman–Crippen LogP) is 2.78. The Balaban J connectivity index is 3.22. The van der Waals surface area contributed by atoms with Crippen LogP contribution >= 0.6 is 15.9 Å². The quantitative estimate of drug-likeness (QED) is 0.622. The summed E-state index contributed by atoms with van der Waals surface area (Å²) in [5, 5.41) is 0.0430. The Bertz CT molecular complexity index is 406. The standard InChI is InChI=1S/C9H7BrF3NO2/c1-16-8(15)5-2-3-7(9(11,12)13)14-6(5)4-10/h2-3H,4H2,1H3. The molecule has 0 aliphatic carbocycles. The number of aromatic nitrogens is 1. The highest BCUT2D eigenvalue weighted by molar-refractivity contribution is 9.08. The molecule has 16 heavy (non-hydrogen) atoms. The first kappa shape index (κ1) is 13.0. The second kappa shape index (κ2) is 4.82. The Hall–Kier alpha value is -1.11. The van der Waals surface area contributed by atoms with Crippen LogP contribution in [0.4, 0.5) is 13.2 Å². The summed E-state index contributed by atoms with van der Waals surface area (Å²) in [5.74, 6) is -0.712. The van der Waals surface area contributed by atoms with Crippen LogP contribution in [0.3, 0.4) is 0 Å². The largest absolute Gasteiger partial charge is 0.465 e. The zero-order valence-electron chi connectivity index (χ0n) is 8.14. The number of ether oxygens (including phenoxy) is 1. The van der Waals surface area contributed by atoms with Crippen LogP contribution in [0.15, 0.2) is 12.1 Å². The molecule has 0 bridgehead atoms. The van der Waals surface area contributed by atoms with Gasteiger partial charge in [0, 0.05) is 5.33 Å². The molecule has 0 aliphatic rings. The molecule has 0 radical (unpaired) electrons. The summed E-state index contributed by atoms with van der Waals surface area (Å²) in [5.41, 5.74) is -1.01. The molecule has 0 atom stereocenters. The fourth-order valence-corrected chi connectivity index (χ4v) is 1.48. The number of pyridine rings is 1. The lowest BCUT2D eigenvalue weighted by Crippen LogP contribution is -2.13. The zero-order chi connectivity index (χ0) is 12.3. The Kier molecular flexibility index (Phi) is 3.90. The molecule has 0 amide bonds. The maximum absolute atomic E-state index is 12.3. The molecule has 0 saturated heterocycles. The molecule has 3 nitrogen and oxygen atoms in total. The molecule has 0 aromatic carbocycles. The fourth-order valence-electron chi connectivity index (χ4n) is 1.06. The second-order valence-corrected chi connectivity index (χ2v) is 3.37. The van der Waals surface area contributed by atoms with E-state index in [1.54, 1.807) is 0 Å². The van der Waals surface area contributed by atoms with Crippen LogP contribution in [0.5, 0.6) is 0 Å². The number of halogens is 4. The predicted molar refractivity (Wildman–Crippen MR) is 53.2 cm³/mol. The monoisotopic (exact) mass is 297 g/mol. The van der Waals surface area contributed by atoms with Gasteiger partial charge in [0.15, 0.2) is 0 Å². The lowest BCUT2D eigenvalue weighted by atomic mass is 10.2. The summed E-state index contributed by atoms with van der Waals surface area (Å²) in [7, 11) is 1.15. The van der Waals surface area contributed by atoms with Crippen molar-refractivity contribution in [1.82, 2.24) is 4.98 Å². The van der Waals surface area contributed by atoms with Gasteiger partial charge in [0.1, 0.15) is 5.69 Å². The third-order valence-corrected chi connectivity index (χ3v) is 2.33. The minimum absolute atomic E-state index is 0.00155. The molecular formula is C9H7BrF3NO2. The number of carbonyl (C=O) groups excluding carboxylic acids is 1. The van der Waals surface area contributed by atoms with Crippen molar-refractivity contribution in [1.29, 1.82) is 0 Å². The van der Waals surface area contributed by atoms with Crippen molar-refractivity contribution in [3.63, 3.8) is 0 Å². The number of methoxy groups -OCH3 is 1. The van der Waals surface area contributed by atoms with Gasteiger partial charge in [0.05, 0.1) is 18.4 Å². The topological polar surface area (TPSA) is 39.2 Å². The summed E-state index contributed by atoms with van der Waals surface area (Å²) >= 11 is 2.97. The van der Waals surface area contributed by atoms with Gasteiger partial charge in [0.25, 0.3) is 0 Å². The smallest absolute Gasteiger partial charge is 0.433 e. The lowest BCUT2D eigenvalue weighted by molar-refractivity contribution is -0.141. The van der Waals surface area contributed by atoms with E-state index in [-0.39, 0.29) is 16.6 Å². The van der Waals surface area contributed by atoms with Gasteiger partial charge in [-0.1, -0.05) is 15.9 Å². The average molecular weight is 298 g/mol. The van der Waals surface area contributed by atoms with Crippen molar-refractivity contribution >= 4 is 21.9 Å². The highest BCUT2D eigenvalue weighted by Crippen LogP contribution is 2.28. The SMILES string of the molecule is COC(=O)c1ccc(C(F)(F)F)nc1CBr. The Morgan fingerprint density at radius 1 is 1.50 bits per heavy atom. The van der Waals surface area contributed by atoms with Gasteiger partial charge in [-0.3, -0.25) is 0 Å². The number of hydrogen-bond acceptors (Lipinski definition) is 3. The van der Waals surface area contributed by atoms with Crippen molar-refractivity contribution < 1.29 is 22.7 Å². The van der Waals surface area contributed by atoms with Gasteiger partial charge >= 0.3 is 12.1 Å². The van der Waals surface area contributed by atoms with Gasteiger partial charge in [-0.05, 0) is 12.1 Å². The first-order valence-electron chi connectivity index (χ1n) is 4.11. The van der Waals surface area contributed by atoms with Crippen molar-refractivity contribution in [2.45, 2.75) is 11.5 Å². The number of rotatable bonds is 2. The fraction of sp³-hybridized carbons (Fsp3) is 0.333. The molecule has 1 heterocycles. The zero-order valence-corrected chi connectivity index (χ0v) is 9.72. The molecule has 1 aromatic heterocycles. The molecule has 7 heteroatoms. The first-order chi connectivity index (χ1) is 7.40. The van der Waals surface area contributed by atoms with E-state index in [0.29, 0.717) is 0 Å². The summed E-state index contributed by atoms with van der Waals surface area (Å²) in [6.45, 7) is 0. The van der Waals surface area contributed by atoms with Crippen LogP contribution in [0.2, 0.25) is 0 Å². The summed E-state index contributed by atoms with van der Waals surface area (Å²) in [6, 6.07) is 1.80. The number of nitrogens with zero attached hydrogens (tertiary/aromatic N) is 1. The second-order valence-electron chi connectivity index (χ2n) is 2.81. The Morgan fingerprint density at radius 3 is 2.56 bits per heavy atom. The van der Waals surface area contributed by atoms with Crippen molar-refractivity contribution in [2.75, 3.05) is 7.11 Å². The number of esters is 1. The molecule has 1 rings (SSSR count). The van der Waals surface area contributed by atoms with E-state index >= 15 is 0 Å². The molecule has 0 saturated carbocycles. The average Bonchev–Trinajstić information content (AvgIpc) is 2.26. The molecule has 1 aromatic rings. The van der Waals surface area contributed by atoms with Crippen molar-refractivity contribution in [2.24, 2.45) is 0 Å². The number of carbonyl (C=O) groups is 1. The van der Waals surface area contributed by atoms with Crippen LogP contribution in [0, 0.1) is 0 Å². The van der Waals surface area contributed by atoms with Gasteiger partial charge in [0.2, 0.25) is 0 Å². The number of hydrogen-bond donors (Lipinski definition) is 0. The normalized spacial score (nSPS) is 11.3. The van der Waals surface area contributed by atoms with Crippen LogP contribution in [0.1, 0.15) is 21.7 Å². The summed E-state index contributed by atoms with van der Waals surface area (Å²) in [6.07, 6.45) is -4.52. The summed E-state index contributed by atoms with van der Waals surface area (Å²) in [4.78, 5) is 14.5. The molecule has 0 fully saturated rings. The van der Waals surface area contributed by atoms with Crippen LogP contribution < -0.4 is 0 Å². The number of alkyl halides is 4. The summed E-state index contributed by atoms with van der Waals surface area (Å²) < 4.78 is 41.4. The van der Waals surface area contributed by atoms with E-state index in [2.05, 4.69) is 25.7 Å². The minimum Gasteiger partial charge on any atom is -0.465 e. The van der Waals surface area contributed by atoms with E-state index in [0.717, 1.165) is 19.2 Å². The maximum atomic E-state index is 12.3. The van der Waals surface area contributed by atoms with Gasteiger partial charge in [-0.2, -0.15) is 13.2 Å². The third kappa shape index (κ3) is 2.72. The Labute approximate surface area is 97.8 Å². The van der Waals surface area contributed by atoms with Gasteiger partial charge < -0.3 is 4.74 Å². The minimum atomic E-state index is -4.52. The first-order valence-corrected chi connectivity index (χ1v) is 5.23. The highest BCUT2D eigenvalue weighted by Gasteiger charge is 2.33. The molecule has 0 N–H and O–H groups in total. The third-order valence-electron chi connectivity index (χ3n) is 1.80. The van der Waals surface area contributed by atoms with Crippen LogP contribution in [-0.2, 0) is 16.2 Å². The van der Waals surface area contributed by atoms with Gasteiger partial charge in [-0.25, -0.2) is 9.78 Å². The van der Waals surface area contributed by atoms with E-state index in [4.69, 9.17) is 0 Å². The molecule has 0 unspecified atom stereocenters. The molecule has 88 valence electrons. The maximum Gasteiger partial charge on any atom is 0.433 e. The molecule has 0 aliphatic heterocycles. The van der Waals surface area contributed by atoms with E-state index in [1.807, 2.05) is 0 Å². The van der Waals surface area contributed by atoms with E-state index in [9.17, 15) is 18.0 Å². The lowest BCUT2D eigenvalue weighted by Gasteiger charge is -2.09. The van der Waals surface area contributed by atoms with Gasteiger partial charge in [-0.15, -0.1) is 0 Å². The van der Waals surface area contributed by atoms with E-state index in [1.165, 1.54) is 0 Å². The van der Waals surface area contributed by atoms with Crippen LogP contribution in [-0.4, -0.2) is 18.1 Å². The highest BCUT2D eigenvalue weighted by atomic mass is 79.9. The molecular weight excluding hydrogens is 291 g/mol. The van der Waals surface area contributed by atoms with E-state index < -0.39 is 17.8 Å². The van der Waals surface area contributed by atoms with Crippen molar-refractivity contribution in [3.05, 3.63) is 29.1 Å².